The first-order valence-electron chi connectivity index (χ1n) is 7.65. The van der Waals surface area contributed by atoms with Crippen LogP contribution < -0.4 is 16.4 Å². The summed E-state index contributed by atoms with van der Waals surface area (Å²) in [6.45, 7) is 7.45. The van der Waals surface area contributed by atoms with Gasteiger partial charge in [-0.2, -0.15) is 5.10 Å². The lowest BCUT2D eigenvalue weighted by Crippen LogP contribution is -2.52. The molecule has 0 spiro atoms. The van der Waals surface area contributed by atoms with Crippen LogP contribution in [0.3, 0.4) is 0 Å². The summed E-state index contributed by atoms with van der Waals surface area (Å²) in [5.41, 5.74) is 5.24. The Labute approximate surface area is 142 Å². The van der Waals surface area contributed by atoms with Gasteiger partial charge in [0.05, 0.1) is 6.04 Å². The van der Waals surface area contributed by atoms with Crippen LogP contribution in [0, 0.1) is 5.41 Å². The smallest absolute Gasteiger partial charge is 0.272 e. The van der Waals surface area contributed by atoms with Crippen molar-refractivity contribution >= 4 is 24.2 Å². The van der Waals surface area contributed by atoms with Gasteiger partial charge in [0.25, 0.3) is 5.91 Å². The lowest BCUT2D eigenvalue weighted by Gasteiger charge is -2.28. The predicted molar refractivity (Wildman–Crippen MR) is 90.5 cm³/mol. The number of piperidine rings is 1. The lowest BCUT2D eigenvalue weighted by molar-refractivity contribution is -0.122. The molecule has 1 aromatic rings. The van der Waals surface area contributed by atoms with E-state index in [4.69, 9.17) is 5.73 Å². The average molecular weight is 344 g/mol. The SMILES string of the molecule is CC(C)(C)C(NC(=O)c1ccn(C2CCCNC2)n1)C(N)=O.Cl. The normalized spacial score (nSPS) is 19.5. The van der Waals surface area contributed by atoms with Gasteiger partial charge in [0.1, 0.15) is 11.7 Å². The summed E-state index contributed by atoms with van der Waals surface area (Å²) < 4.78 is 1.82. The molecule has 1 fully saturated rings. The largest absolute Gasteiger partial charge is 0.368 e. The van der Waals surface area contributed by atoms with Gasteiger partial charge in [-0.15, -0.1) is 12.4 Å². The maximum Gasteiger partial charge on any atom is 0.272 e. The van der Waals surface area contributed by atoms with E-state index in [1.165, 1.54) is 0 Å². The zero-order chi connectivity index (χ0) is 16.3. The molecule has 0 radical (unpaired) electrons. The van der Waals surface area contributed by atoms with Crippen LogP contribution in [0.25, 0.3) is 0 Å². The monoisotopic (exact) mass is 343 g/mol. The zero-order valence-corrected chi connectivity index (χ0v) is 14.7. The van der Waals surface area contributed by atoms with Crippen molar-refractivity contribution in [3.8, 4) is 0 Å². The fraction of sp³-hybridized carbons (Fsp3) is 0.667. The molecular weight excluding hydrogens is 318 g/mol. The fourth-order valence-corrected chi connectivity index (χ4v) is 2.64. The number of hydrogen-bond donors (Lipinski definition) is 3. The van der Waals surface area contributed by atoms with E-state index >= 15 is 0 Å². The fourth-order valence-electron chi connectivity index (χ4n) is 2.64. The van der Waals surface area contributed by atoms with Crippen LogP contribution in [0.15, 0.2) is 12.3 Å². The number of aromatic nitrogens is 2. The number of nitrogens with zero attached hydrogens (tertiary/aromatic N) is 2. The first-order chi connectivity index (χ1) is 10.3. The van der Waals surface area contributed by atoms with Gasteiger partial charge in [-0.05, 0) is 30.9 Å². The van der Waals surface area contributed by atoms with E-state index in [9.17, 15) is 9.59 Å². The van der Waals surface area contributed by atoms with Gasteiger partial charge in [0.15, 0.2) is 0 Å². The van der Waals surface area contributed by atoms with Crippen LogP contribution in [-0.2, 0) is 4.79 Å². The third-order valence-electron chi connectivity index (χ3n) is 3.91. The molecule has 2 rings (SSSR count). The highest BCUT2D eigenvalue weighted by molar-refractivity contribution is 5.96. The zero-order valence-electron chi connectivity index (χ0n) is 13.8. The minimum Gasteiger partial charge on any atom is -0.368 e. The maximum atomic E-state index is 12.3. The van der Waals surface area contributed by atoms with Crippen LogP contribution in [0.5, 0.6) is 0 Å². The van der Waals surface area contributed by atoms with Crippen LogP contribution in [0.2, 0.25) is 0 Å². The summed E-state index contributed by atoms with van der Waals surface area (Å²) in [4.78, 5) is 23.8. The topological polar surface area (TPSA) is 102 Å². The van der Waals surface area contributed by atoms with E-state index in [-0.39, 0.29) is 24.4 Å². The van der Waals surface area contributed by atoms with Crippen molar-refractivity contribution in [1.82, 2.24) is 20.4 Å². The number of amides is 2. The van der Waals surface area contributed by atoms with Crippen LogP contribution in [0.1, 0.15) is 50.1 Å². The highest BCUT2D eigenvalue weighted by atomic mass is 35.5. The van der Waals surface area contributed by atoms with E-state index in [0.29, 0.717) is 5.69 Å². The lowest BCUT2D eigenvalue weighted by atomic mass is 9.86. The van der Waals surface area contributed by atoms with E-state index in [1.54, 1.807) is 6.07 Å². The molecule has 1 aliphatic rings. The number of rotatable bonds is 4. The Balaban J connectivity index is 0.00000264. The summed E-state index contributed by atoms with van der Waals surface area (Å²) in [7, 11) is 0. The molecule has 0 saturated carbocycles. The van der Waals surface area contributed by atoms with E-state index in [1.807, 2.05) is 31.6 Å². The van der Waals surface area contributed by atoms with Gasteiger partial charge in [0.2, 0.25) is 5.91 Å². The molecule has 2 heterocycles. The summed E-state index contributed by atoms with van der Waals surface area (Å²) in [5.74, 6) is -0.919. The molecule has 130 valence electrons. The van der Waals surface area contributed by atoms with E-state index in [0.717, 1.165) is 25.9 Å². The van der Waals surface area contributed by atoms with Crippen molar-refractivity contribution in [3.63, 3.8) is 0 Å². The Morgan fingerprint density at radius 3 is 2.70 bits per heavy atom. The number of carbonyl (C=O) groups is 2. The Morgan fingerprint density at radius 1 is 1.48 bits per heavy atom. The number of carbonyl (C=O) groups excluding carboxylic acids is 2. The molecule has 2 unspecified atom stereocenters. The maximum absolute atomic E-state index is 12.3. The summed E-state index contributed by atoms with van der Waals surface area (Å²) in [6.07, 6.45) is 3.95. The molecule has 0 aromatic carbocycles. The van der Waals surface area contributed by atoms with Gasteiger partial charge in [-0.1, -0.05) is 20.8 Å². The first kappa shape index (κ1) is 19.4. The van der Waals surface area contributed by atoms with Gasteiger partial charge >= 0.3 is 0 Å². The molecule has 1 saturated heterocycles. The van der Waals surface area contributed by atoms with Gasteiger partial charge in [-0.25, -0.2) is 0 Å². The molecule has 0 bridgehead atoms. The van der Waals surface area contributed by atoms with Gasteiger partial charge < -0.3 is 16.4 Å². The van der Waals surface area contributed by atoms with Gasteiger partial charge in [0, 0.05) is 12.7 Å². The minimum absolute atomic E-state index is 0. The Morgan fingerprint density at radius 2 is 2.17 bits per heavy atom. The number of primary amides is 1. The Kier molecular flexibility index (Phi) is 6.58. The summed E-state index contributed by atoms with van der Waals surface area (Å²) >= 11 is 0. The molecular formula is C15H26ClN5O2. The summed E-state index contributed by atoms with van der Waals surface area (Å²) in [6, 6.07) is 1.20. The number of hydrogen-bond acceptors (Lipinski definition) is 4. The number of nitrogens with two attached hydrogens (primary N) is 1. The highest BCUT2D eigenvalue weighted by Crippen LogP contribution is 2.20. The second-order valence-electron chi connectivity index (χ2n) is 6.86. The number of nitrogens with one attached hydrogen (secondary N) is 2. The van der Waals surface area contributed by atoms with E-state index in [2.05, 4.69) is 15.7 Å². The van der Waals surface area contributed by atoms with Crippen LogP contribution in [0.4, 0.5) is 0 Å². The standard InChI is InChI=1S/C15H25N5O2.ClH/c1-15(2,3)12(13(16)21)18-14(22)11-6-8-20(19-11)10-5-4-7-17-9-10;/h6,8,10,12,17H,4-5,7,9H2,1-3H3,(H2,16,21)(H,18,22);1H. The minimum atomic E-state index is -0.735. The highest BCUT2D eigenvalue weighted by Gasteiger charge is 2.32. The van der Waals surface area contributed by atoms with Crippen molar-refractivity contribution in [2.45, 2.75) is 45.7 Å². The van der Waals surface area contributed by atoms with Crippen molar-refractivity contribution in [2.75, 3.05) is 13.1 Å². The third kappa shape index (κ3) is 4.94. The third-order valence-corrected chi connectivity index (χ3v) is 3.91. The summed E-state index contributed by atoms with van der Waals surface area (Å²) in [5, 5.41) is 10.3. The molecule has 1 aromatic heterocycles. The second kappa shape index (κ2) is 7.79. The van der Waals surface area contributed by atoms with Crippen LogP contribution in [-0.4, -0.2) is 40.7 Å². The van der Waals surface area contributed by atoms with Crippen molar-refractivity contribution < 1.29 is 9.59 Å². The van der Waals surface area contributed by atoms with Crippen molar-refractivity contribution in [3.05, 3.63) is 18.0 Å². The van der Waals surface area contributed by atoms with Gasteiger partial charge in [-0.3, -0.25) is 14.3 Å². The molecule has 1 aliphatic heterocycles. The predicted octanol–water partition coefficient (Wildman–Crippen LogP) is 0.859. The van der Waals surface area contributed by atoms with Crippen molar-refractivity contribution in [2.24, 2.45) is 11.1 Å². The molecule has 7 nitrogen and oxygen atoms in total. The second-order valence-corrected chi connectivity index (χ2v) is 6.86. The molecule has 4 N–H and O–H groups in total. The first-order valence-corrected chi connectivity index (χ1v) is 7.65. The Bertz CT molecular complexity index is 546. The average Bonchev–Trinajstić information content (AvgIpc) is 2.93. The molecule has 8 heteroatoms. The molecule has 23 heavy (non-hydrogen) atoms. The molecule has 2 atom stereocenters. The van der Waals surface area contributed by atoms with Crippen LogP contribution >= 0.6 is 12.4 Å². The van der Waals surface area contributed by atoms with E-state index < -0.39 is 17.4 Å². The Hall–Kier alpha value is -1.60. The molecule has 2 amide bonds. The molecule has 0 aliphatic carbocycles. The quantitative estimate of drug-likeness (QED) is 0.754. The number of halogens is 1. The van der Waals surface area contributed by atoms with Crippen molar-refractivity contribution in [1.29, 1.82) is 0 Å².